The van der Waals surface area contributed by atoms with E-state index >= 15 is 0 Å². The zero-order valence-corrected chi connectivity index (χ0v) is 10.7. The Kier molecular flexibility index (Phi) is 3.96. The van der Waals surface area contributed by atoms with Gasteiger partial charge in [-0.2, -0.15) is 4.31 Å². The summed E-state index contributed by atoms with van der Waals surface area (Å²) in [6.45, 7) is 5.89. The van der Waals surface area contributed by atoms with Crippen molar-refractivity contribution in [2.75, 3.05) is 6.54 Å². The van der Waals surface area contributed by atoms with Gasteiger partial charge in [-0.05, 0) is 25.7 Å². The molecule has 0 radical (unpaired) electrons. The first-order chi connectivity index (χ1) is 7.26. The van der Waals surface area contributed by atoms with Crippen LogP contribution in [-0.2, 0) is 14.8 Å². The SMILES string of the molecule is CC(C)CC(C)S(=O)(=O)N1CC[C@H]1C(=O)O. The molecule has 5 nitrogen and oxygen atoms in total. The minimum absolute atomic E-state index is 0.286. The summed E-state index contributed by atoms with van der Waals surface area (Å²) in [7, 11) is -3.44. The summed E-state index contributed by atoms with van der Waals surface area (Å²) in [6, 6.07) is -0.848. The molecule has 1 unspecified atom stereocenters. The first-order valence-electron chi connectivity index (χ1n) is 5.50. The van der Waals surface area contributed by atoms with Crippen molar-refractivity contribution in [3.8, 4) is 0 Å². The Morgan fingerprint density at radius 2 is 2.00 bits per heavy atom. The number of sulfonamides is 1. The van der Waals surface area contributed by atoms with Crippen LogP contribution in [0.25, 0.3) is 0 Å². The molecule has 0 aromatic carbocycles. The van der Waals surface area contributed by atoms with E-state index in [1.807, 2.05) is 13.8 Å². The van der Waals surface area contributed by atoms with Gasteiger partial charge in [0, 0.05) is 6.54 Å². The van der Waals surface area contributed by atoms with E-state index < -0.39 is 27.3 Å². The topological polar surface area (TPSA) is 74.7 Å². The molecule has 0 saturated carbocycles. The Morgan fingerprint density at radius 1 is 1.44 bits per heavy atom. The smallest absolute Gasteiger partial charge is 0.322 e. The van der Waals surface area contributed by atoms with Crippen LogP contribution in [0, 0.1) is 5.92 Å². The molecule has 1 N–H and O–H groups in total. The van der Waals surface area contributed by atoms with Crippen molar-refractivity contribution < 1.29 is 18.3 Å². The first kappa shape index (κ1) is 13.4. The quantitative estimate of drug-likeness (QED) is 0.786. The molecule has 0 amide bonds. The van der Waals surface area contributed by atoms with Crippen molar-refractivity contribution in [2.24, 2.45) is 5.92 Å². The van der Waals surface area contributed by atoms with Gasteiger partial charge in [0.1, 0.15) is 6.04 Å². The normalized spacial score (nSPS) is 24.1. The molecule has 1 fully saturated rings. The summed E-state index contributed by atoms with van der Waals surface area (Å²) < 4.78 is 25.2. The maximum atomic E-state index is 12.0. The van der Waals surface area contributed by atoms with Gasteiger partial charge >= 0.3 is 5.97 Å². The van der Waals surface area contributed by atoms with Crippen LogP contribution in [0.1, 0.15) is 33.6 Å². The lowest BCUT2D eigenvalue weighted by Gasteiger charge is -2.38. The van der Waals surface area contributed by atoms with Crippen LogP contribution >= 0.6 is 0 Å². The highest BCUT2D eigenvalue weighted by atomic mass is 32.2. The molecule has 16 heavy (non-hydrogen) atoms. The van der Waals surface area contributed by atoms with Gasteiger partial charge in [0.15, 0.2) is 0 Å². The Morgan fingerprint density at radius 3 is 2.31 bits per heavy atom. The Hall–Kier alpha value is -0.620. The largest absolute Gasteiger partial charge is 0.480 e. The van der Waals surface area contributed by atoms with Crippen LogP contribution < -0.4 is 0 Å². The third-order valence-corrected chi connectivity index (χ3v) is 5.19. The molecule has 1 aliphatic rings. The minimum atomic E-state index is -3.44. The molecule has 0 aromatic rings. The lowest BCUT2D eigenvalue weighted by atomic mass is 10.1. The molecule has 0 aromatic heterocycles. The molecule has 1 aliphatic heterocycles. The maximum absolute atomic E-state index is 12.0. The zero-order chi connectivity index (χ0) is 12.5. The molecule has 0 bridgehead atoms. The summed E-state index contributed by atoms with van der Waals surface area (Å²) in [4.78, 5) is 10.8. The average molecular weight is 249 g/mol. The van der Waals surface area contributed by atoms with Gasteiger partial charge in [-0.25, -0.2) is 8.42 Å². The second-order valence-electron chi connectivity index (χ2n) is 4.74. The average Bonchev–Trinajstić information content (AvgIpc) is 1.97. The second-order valence-corrected chi connectivity index (χ2v) is 7.04. The van der Waals surface area contributed by atoms with E-state index in [1.54, 1.807) is 6.92 Å². The number of aliphatic carboxylic acids is 1. The third-order valence-electron chi connectivity index (χ3n) is 2.89. The molecule has 94 valence electrons. The van der Waals surface area contributed by atoms with Gasteiger partial charge in [0.2, 0.25) is 10.0 Å². The molecule has 0 spiro atoms. The number of hydrogen-bond donors (Lipinski definition) is 1. The fourth-order valence-corrected chi connectivity index (χ4v) is 3.93. The number of rotatable bonds is 5. The minimum Gasteiger partial charge on any atom is -0.480 e. The van der Waals surface area contributed by atoms with Gasteiger partial charge in [0.05, 0.1) is 5.25 Å². The van der Waals surface area contributed by atoms with Gasteiger partial charge in [-0.15, -0.1) is 0 Å². The van der Waals surface area contributed by atoms with Crippen LogP contribution in [0.5, 0.6) is 0 Å². The highest BCUT2D eigenvalue weighted by molar-refractivity contribution is 7.89. The number of carboxylic acid groups (broad SMARTS) is 1. The predicted molar refractivity (Wildman–Crippen MR) is 60.6 cm³/mol. The van der Waals surface area contributed by atoms with E-state index in [0.717, 1.165) is 4.31 Å². The van der Waals surface area contributed by atoms with Gasteiger partial charge in [0.25, 0.3) is 0 Å². The highest BCUT2D eigenvalue weighted by Gasteiger charge is 2.44. The fraction of sp³-hybridized carbons (Fsp3) is 0.900. The summed E-state index contributed by atoms with van der Waals surface area (Å²) in [5.74, 6) is -0.763. The van der Waals surface area contributed by atoms with E-state index in [2.05, 4.69) is 0 Å². The lowest BCUT2D eigenvalue weighted by Crippen LogP contribution is -2.57. The zero-order valence-electron chi connectivity index (χ0n) is 9.88. The van der Waals surface area contributed by atoms with Crippen molar-refractivity contribution in [2.45, 2.75) is 44.9 Å². The van der Waals surface area contributed by atoms with Crippen LogP contribution in [0.4, 0.5) is 0 Å². The van der Waals surface area contributed by atoms with Crippen LogP contribution in [0.2, 0.25) is 0 Å². The Balaban J connectivity index is 2.74. The summed E-state index contributed by atoms with van der Waals surface area (Å²) in [5, 5.41) is 8.32. The van der Waals surface area contributed by atoms with Crippen LogP contribution in [-0.4, -0.2) is 41.6 Å². The van der Waals surface area contributed by atoms with E-state index in [4.69, 9.17) is 5.11 Å². The number of carbonyl (C=O) groups is 1. The third kappa shape index (κ3) is 2.55. The lowest BCUT2D eigenvalue weighted by molar-refractivity contribution is -0.144. The van der Waals surface area contributed by atoms with Crippen molar-refractivity contribution in [3.05, 3.63) is 0 Å². The predicted octanol–water partition coefficient (Wildman–Crippen LogP) is 0.910. The van der Waals surface area contributed by atoms with Gasteiger partial charge in [-0.3, -0.25) is 4.79 Å². The van der Waals surface area contributed by atoms with Crippen molar-refractivity contribution in [1.29, 1.82) is 0 Å². The second kappa shape index (κ2) is 4.71. The number of nitrogens with zero attached hydrogens (tertiary/aromatic N) is 1. The molecule has 6 heteroatoms. The fourth-order valence-electron chi connectivity index (χ4n) is 1.93. The summed E-state index contributed by atoms with van der Waals surface area (Å²) in [5.41, 5.74) is 0. The summed E-state index contributed by atoms with van der Waals surface area (Å²) >= 11 is 0. The van der Waals surface area contributed by atoms with E-state index in [-0.39, 0.29) is 5.92 Å². The molecular weight excluding hydrogens is 230 g/mol. The van der Waals surface area contributed by atoms with E-state index in [9.17, 15) is 13.2 Å². The summed E-state index contributed by atoms with van der Waals surface area (Å²) in [6.07, 6.45) is 0.980. The monoisotopic (exact) mass is 249 g/mol. The number of carboxylic acids is 1. The standard InChI is InChI=1S/C10H19NO4S/c1-7(2)6-8(3)16(14,15)11-5-4-9(11)10(12)13/h7-9H,4-6H2,1-3H3,(H,12,13)/t8?,9-/m0/s1. The molecule has 0 aliphatic carbocycles. The molecule has 1 saturated heterocycles. The highest BCUT2D eigenvalue weighted by Crippen LogP contribution is 2.26. The van der Waals surface area contributed by atoms with Gasteiger partial charge in [-0.1, -0.05) is 13.8 Å². The van der Waals surface area contributed by atoms with Crippen LogP contribution in [0.3, 0.4) is 0 Å². The first-order valence-corrected chi connectivity index (χ1v) is 7.00. The molecule has 1 heterocycles. The van der Waals surface area contributed by atoms with Crippen LogP contribution in [0.15, 0.2) is 0 Å². The van der Waals surface area contributed by atoms with E-state index in [0.29, 0.717) is 19.4 Å². The van der Waals surface area contributed by atoms with Gasteiger partial charge < -0.3 is 5.11 Å². The van der Waals surface area contributed by atoms with Crippen molar-refractivity contribution in [1.82, 2.24) is 4.31 Å². The number of hydrogen-bond acceptors (Lipinski definition) is 3. The van der Waals surface area contributed by atoms with E-state index in [1.165, 1.54) is 0 Å². The Labute approximate surface area is 96.5 Å². The molecular formula is C10H19NO4S. The maximum Gasteiger partial charge on any atom is 0.322 e. The Bertz CT molecular complexity index is 363. The molecule has 1 rings (SSSR count). The van der Waals surface area contributed by atoms with Crippen molar-refractivity contribution in [3.63, 3.8) is 0 Å². The van der Waals surface area contributed by atoms with Crippen molar-refractivity contribution >= 4 is 16.0 Å². The molecule has 2 atom stereocenters.